The number of carboxylic acid groups (broad SMARTS) is 1. The predicted octanol–water partition coefficient (Wildman–Crippen LogP) is 2.21. The van der Waals surface area contributed by atoms with E-state index in [9.17, 15) is 4.79 Å². The zero-order valence-electron chi connectivity index (χ0n) is 11.3. The molecular formula is C14H17N3O2. The maximum absolute atomic E-state index is 10.6. The van der Waals surface area contributed by atoms with Gasteiger partial charge in [0.25, 0.3) is 0 Å². The normalized spacial score (nSPS) is 10.7. The SMILES string of the molecule is Cc1ccc(-n2nc(CCC(=O)O)nc2C)cc1C. The van der Waals surface area contributed by atoms with Crippen LogP contribution in [0.3, 0.4) is 0 Å². The number of hydrogen-bond acceptors (Lipinski definition) is 3. The monoisotopic (exact) mass is 259 g/mol. The van der Waals surface area contributed by atoms with Crippen LogP contribution in [0.25, 0.3) is 5.69 Å². The Hall–Kier alpha value is -2.17. The fourth-order valence-corrected chi connectivity index (χ4v) is 1.87. The van der Waals surface area contributed by atoms with Gasteiger partial charge in [-0.2, -0.15) is 5.10 Å². The molecule has 5 nitrogen and oxygen atoms in total. The molecule has 1 heterocycles. The molecule has 0 saturated carbocycles. The van der Waals surface area contributed by atoms with Crippen LogP contribution in [0.5, 0.6) is 0 Å². The molecule has 0 aliphatic heterocycles. The lowest BCUT2D eigenvalue weighted by atomic mass is 10.1. The quantitative estimate of drug-likeness (QED) is 0.914. The summed E-state index contributed by atoms with van der Waals surface area (Å²) in [6.45, 7) is 5.98. The molecule has 0 aliphatic rings. The number of aliphatic carboxylic acids is 1. The largest absolute Gasteiger partial charge is 0.481 e. The third-order valence-corrected chi connectivity index (χ3v) is 3.11. The fraction of sp³-hybridized carbons (Fsp3) is 0.357. The van der Waals surface area contributed by atoms with E-state index in [4.69, 9.17) is 5.11 Å². The lowest BCUT2D eigenvalue weighted by Gasteiger charge is -2.06. The number of carboxylic acids is 1. The van der Waals surface area contributed by atoms with Crippen molar-refractivity contribution in [2.75, 3.05) is 0 Å². The van der Waals surface area contributed by atoms with Gasteiger partial charge in [0.1, 0.15) is 5.82 Å². The van der Waals surface area contributed by atoms with Crippen LogP contribution in [0.1, 0.15) is 29.2 Å². The molecule has 0 aliphatic carbocycles. The van der Waals surface area contributed by atoms with E-state index in [0.717, 1.165) is 11.5 Å². The molecule has 0 radical (unpaired) electrons. The number of aromatic nitrogens is 3. The van der Waals surface area contributed by atoms with Gasteiger partial charge in [-0.15, -0.1) is 0 Å². The van der Waals surface area contributed by atoms with Gasteiger partial charge in [-0.25, -0.2) is 9.67 Å². The van der Waals surface area contributed by atoms with E-state index >= 15 is 0 Å². The molecule has 0 spiro atoms. The summed E-state index contributed by atoms with van der Waals surface area (Å²) >= 11 is 0. The fourth-order valence-electron chi connectivity index (χ4n) is 1.87. The molecule has 0 atom stereocenters. The van der Waals surface area contributed by atoms with Crippen molar-refractivity contribution in [2.45, 2.75) is 33.6 Å². The molecule has 5 heteroatoms. The second kappa shape index (κ2) is 5.22. The average Bonchev–Trinajstić information content (AvgIpc) is 2.72. The molecule has 2 rings (SSSR count). The van der Waals surface area contributed by atoms with Crippen LogP contribution in [0, 0.1) is 20.8 Å². The Kier molecular flexibility index (Phi) is 3.64. The Bertz CT molecular complexity index is 617. The minimum Gasteiger partial charge on any atom is -0.481 e. The maximum Gasteiger partial charge on any atom is 0.303 e. The first-order chi connectivity index (χ1) is 8.97. The van der Waals surface area contributed by atoms with Crippen molar-refractivity contribution >= 4 is 5.97 Å². The average molecular weight is 259 g/mol. The molecule has 1 aromatic carbocycles. The summed E-state index contributed by atoms with van der Waals surface area (Å²) in [5.41, 5.74) is 3.38. The van der Waals surface area contributed by atoms with Crippen LogP contribution < -0.4 is 0 Å². The van der Waals surface area contributed by atoms with Gasteiger partial charge in [0.15, 0.2) is 5.82 Å². The Balaban J connectivity index is 2.29. The molecule has 0 saturated heterocycles. The molecule has 2 aromatic rings. The molecule has 19 heavy (non-hydrogen) atoms. The summed E-state index contributed by atoms with van der Waals surface area (Å²) < 4.78 is 1.75. The molecule has 0 bridgehead atoms. The highest BCUT2D eigenvalue weighted by molar-refractivity contribution is 5.66. The van der Waals surface area contributed by atoms with Crippen LogP contribution in [0.15, 0.2) is 18.2 Å². The molecule has 1 aromatic heterocycles. The summed E-state index contributed by atoms with van der Waals surface area (Å²) in [7, 11) is 0. The van der Waals surface area contributed by atoms with E-state index in [1.54, 1.807) is 4.68 Å². The Morgan fingerprint density at radius 3 is 2.63 bits per heavy atom. The zero-order chi connectivity index (χ0) is 14.0. The van der Waals surface area contributed by atoms with E-state index in [0.29, 0.717) is 12.2 Å². The number of rotatable bonds is 4. The lowest BCUT2D eigenvalue weighted by Crippen LogP contribution is -2.02. The Morgan fingerprint density at radius 2 is 2.00 bits per heavy atom. The first kappa shape index (κ1) is 13.3. The van der Waals surface area contributed by atoms with E-state index in [1.807, 2.05) is 19.1 Å². The van der Waals surface area contributed by atoms with E-state index in [-0.39, 0.29) is 6.42 Å². The number of aryl methyl sites for hydroxylation is 4. The minimum absolute atomic E-state index is 0.0520. The molecular weight excluding hydrogens is 242 g/mol. The highest BCUT2D eigenvalue weighted by Gasteiger charge is 2.10. The van der Waals surface area contributed by atoms with Crippen LogP contribution in [-0.2, 0) is 11.2 Å². The van der Waals surface area contributed by atoms with Gasteiger partial charge in [-0.05, 0) is 44.0 Å². The van der Waals surface area contributed by atoms with Crippen molar-refractivity contribution in [2.24, 2.45) is 0 Å². The zero-order valence-corrected chi connectivity index (χ0v) is 11.3. The second-order valence-electron chi connectivity index (χ2n) is 4.65. The molecule has 0 unspecified atom stereocenters. The Morgan fingerprint density at radius 1 is 1.26 bits per heavy atom. The van der Waals surface area contributed by atoms with Crippen molar-refractivity contribution in [3.8, 4) is 5.69 Å². The van der Waals surface area contributed by atoms with Crippen molar-refractivity contribution in [1.82, 2.24) is 14.8 Å². The van der Waals surface area contributed by atoms with Gasteiger partial charge in [0, 0.05) is 6.42 Å². The van der Waals surface area contributed by atoms with E-state index in [2.05, 4.69) is 30.0 Å². The molecule has 100 valence electrons. The van der Waals surface area contributed by atoms with Gasteiger partial charge >= 0.3 is 5.97 Å². The van der Waals surface area contributed by atoms with Gasteiger partial charge in [-0.3, -0.25) is 4.79 Å². The van der Waals surface area contributed by atoms with Crippen LogP contribution in [-0.4, -0.2) is 25.8 Å². The van der Waals surface area contributed by atoms with Crippen molar-refractivity contribution in [3.05, 3.63) is 41.0 Å². The number of benzene rings is 1. The highest BCUT2D eigenvalue weighted by atomic mass is 16.4. The van der Waals surface area contributed by atoms with Gasteiger partial charge in [0.2, 0.25) is 0 Å². The van der Waals surface area contributed by atoms with E-state index in [1.165, 1.54) is 11.1 Å². The summed E-state index contributed by atoms with van der Waals surface area (Å²) in [4.78, 5) is 14.9. The second-order valence-corrected chi connectivity index (χ2v) is 4.65. The smallest absolute Gasteiger partial charge is 0.303 e. The standard InChI is InChI=1S/C14H17N3O2/c1-9-4-5-12(8-10(9)2)17-11(3)15-13(16-17)6-7-14(18)19/h4-5,8H,6-7H2,1-3H3,(H,18,19). The number of carbonyl (C=O) groups is 1. The van der Waals surface area contributed by atoms with E-state index < -0.39 is 5.97 Å². The summed E-state index contributed by atoms with van der Waals surface area (Å²) in [5.74, 6) is 0.502. The summed E-state index contributed by atoms with van der Waals surface area (Å²) in [5, 5.41) is 13.0. The van der Waals surface area contributed by atoms with Gasteiger partial charge in [0.05, 0.1) is 12.1 Å². The van der Waals surface area contributed by atoms with Crippen LogP contribution >= 0.6 is 0 Å². The lowest BCUT2D eigenvalue weighted by molar-refractivity contribution is -0.137. The topological polar surface area (TPSA) is 68.0 Å². The Labute approximate surface area is 111 Å². The first-order valence-corrected chi connectivity index (χ1v) is 6.19. The van der Waals surface area contributed by atoms with Crippen molar-refractivity contribution in [1.29, 1.82) is 0 Å². The molecule has 0 amide bonds. The predicted molar refractivity (Wildman–Crippen MR) is 71.5 cm³/mol. The molecule has 1 N–H and O–H groups in total. The molecule has 0 fully saturated rings. The first-order valence-electron chi connectivity index (χ1n) is 6.19. The summed E-state index contributed by atoms with van der Waals surface area (Å²) in [6, 6.07) is 6.09. The third kappa shape index (κ3) is 2.99. The minimum atomic E-state index is -0.833. The number of hydrogen-bond donors (Lipinski definition) is 1. The van der Waals surface area contributed by atoms with Crippen molar-refractivity contribution < 1.29 is 9.90 Å². The van der Waals surface area contributed by atoms with Crippen LogP contribution in [0.4, 0.5) is 0 Å². The third-order valence-electron chi connectivity index (χ3n) is 3.11. The van der Waals surface area contributed by atoms with Crippen LogP contribution in [0.2, 0.25) is 0 Å². The summed E-state index contributed by atoms with van der Waals surface area (Å²) in [6.07, 6.45) is 0.407. The van der Waals surface area contributed by atoms with Gasteiger partial charge < -0.3 is 5.11 Å². The number of nitrogens with zero attached hydrogens (tertiary/aromatic N) is 3. The maximum atomic E-state index is 10.6. The van der Waals surface area contributed by atoms with Crippen molar-refractivity contribution in [3.63, 3.8) is 0 Å². The highest BCUT2D eigenvalue weighted by Crippen LogP contribution is 2.15. The van der Waals surface area contributed by atoms with Gasteiger partial charge in [-0.1, -0.05) is 6.07 Å².